The smallest absolute Gasteiger partial charge is 0.254 e. The first-order valence-corrected chi connectivity index (χ1v) is 7.51. The lowest BCUT2D eigenvalue weighted by atomic mass is 9.89. The zero-order chi connectivity index (χ0) is 13.9. The summed E-state index contributed by atoms with van der Waals surface area (Å²) >= 11 is 0. The molecular weight excluding hydrogens is 288 g/mol. The molecule has 1 heterocycles. The molecule has 2 aliphatic rings. The molecule has 1 aliphatic carbocycles. The molecule has 116 valence electrons. The SMILES string of the molecule is Cl.NCc1ccc(C(=O)N2CCOC3CCCCC32)cc1. The molecular formula is C16H23ClN2O2. The standard InChI is InChI=1S/C16H22N2O2.ClH/c17-11-12-5-7-13(8-6-12)16(19)18-9-10-20-15-4-2-1-3-14(15)18;/h5-8,14-15H,1-4,9-11,17H2;1H. The number of carbonyl (C=O) groups excluding carboxylic acids is 1. The first-order chi connectivity index (χ1) is 9.79. The summed E-state index contributed by atoms with van der Waals surface area (Å²) in [5.41, 5.74) is 7.41. The minimum atomic E-state index is 0. The van der Waals surface area contributed by atoms with Crippen molar-refractivity contribution in [3.8, 4) is 0 Å². The Hall–Kier alpha value is -1.10. The van der Waals surface area contributed by atoms with Crippen molar-refractivity contribution < 1.29 is 9.53 Å². The van der Waals surface area contributed by atoms with Gasteiger partial charge in [-0.15, -0.1) is 12.4 Å². The molecule has 1 saturated heterocycles. The van der Waals surface area contributed by atoms with Gasteiger partial charge in [-0.3, -0.25) is 4.79 Å². The third-order valence-electron chi connectivity index (χ3n) is 4.43. The molecule has 0 spiro atoms. The summed E-state index contributed by atoms with van der Waals surface area (Å²) in [7, 11) is 0. The van der Waals surface area contributed by atoms with Crippen molar-refractivity contribution in [2.75, 3.05) is 13.2 Å². The molecule has 5 heteroatoms. The molecule has 3 rings (SSSR count). The summed E-state index contributed by atoms with van der Waals surface area (Å²) in [5.74, 6) is 0.133. The number of nitrogens with zero attached hydrogens (tertiary/aromatic N) is 1. The highest BCUT2D eigenvalue weighted by molar-refractivity contribution is 5.94. The van der Waals surface area contributed by atoms with E-state index in [0.29, 0.717) is 19.7 Å². The third-order valence-corrected chi connectivity index (χ3v) is 4.43. The van der Waals surface area contributed by atoms with Gasteiger partial charge in [0, 0.05) is 18.7 Å². The number of fused-ring (bicyclic) bond motifs is 1. The highest BCUT2D eigenvalue weighted by Gasteiger charge is 2.36. The average Bonchev–Trinajstić information content (AvgIpc) is 2.54. The lowest BCUT2D eigenvalue weighted by Crippen LogP contribution is -2.54. The summed E-state index contributed by atoms with van der Waals surface area (Å²) < 4.78 is 5.82. The lowest BCUT2D eigenvalue weighted by molar-refractivity contribution is -0.0752. The molecule has 0 bridgehead atoms. The maximum Gasteiger partial charge on any atom is 0.254 e. The number of halogens is 1. The van der Waals surface area contributed by atoms with Crippen molar-refractivity contribution in [2.24, 2.45) is 5.73 Å². The Kier molecular flexibility index (Phi) is 5.62. The second-order valence-corrected chi connectivity index (χ2v) is 5.66. The van der Waals surface area contributed by atoms with E-state index in [9.17, 15) is 4.79 Å². The van der Waals surface area contributed by atoms with Gasteiger partial charge >= 0.3 is 0 Å². The number of benzene rings is 1. The molecule has 0 aromatic heterocycles. The van der Waals surface area contributed by atoms with Crippen LogP contribution in [0.3, 0.4) is 0 Å². The van der Waals surface area contributed by atoms with Crippen LogP contribution in [0.15, 0.2) is 24.3 Å². The van der Waals surface area contributed by atoms with Crippen molar-refractivity contribution in [1.82, 2.24) is 4.90 Å². The van der Waals surface area contributed by atoms with Crippen LogP contribution in [0.1, 0.15) is 41.6 Å². The first kappa shape index (κ1) is 16.3. The number of morpholine rings is 1. The summed E-state index contributed by atoms with van der Waals surface area (Å²) in [6.45, 7) is 1.88. The molecule has 1 aliphatic heterocycles. The second kappa shape index (κ2) is 7.25. The van der Waals surface area contributed by atoms with Crippen LogP contribution in [0.25, 0.3) is 0 Å². The summed E-state index contributed by atoms with van der Waals surface area (Å²) in [6.07, 6.45) is 4.80. The minimum Gasteiger partial charge on any atom is -0.374 e. The number of carbonyl (C=O) groups is 1. The van der Waals surface area contributed by atoms with Gasteiger partial charge in [0.25, 0.3) is 5.91 Å². The van der Waals surface area contributed by atoms with Crippen molar-refractivity contribution in [3.63, 3.8) is 0 Å². The average molecular weight is 311 g/mol. The van der Waals surface area contributed by atoms with Gasteiger partial charge in [-0.05, 0) is 30.5 Å². The van der Waals surface area contributed by atoms with Crippen LogP contribution < -0.4 is 5.73 Å². The van der Waals surface area contributed by atoms with Crippen LogP contribution in [0.2, 0.25) is 0 Å². The normalized spacial score (nSPS) is 24.9. The van der Waals surface area contributed by atoms with Crippen molar-refractivity contribution in [1.29, 1.82) is 0 Å². The highest BCUT2D eigenvalue weighted by atomic mass is 35.5. The van der Waals surface area contributed by atoms with E-state index >= 15 is 0 Å². The summed E-state index contributed by atoms with van der Waals surface area (Å²) in [6, 6.07) is 7.91. The molecule has 4 nitrogen and oxygen atoms in total. The fourth-order valence-electron chi connectivity index (χ4n) is 3.30. The summed E-state index contributed by atoms with van der Waals surface area (Å²) in [4.78, 5) is 14.7. The number of hydrogen-bond acceptors (Lipinski definition) is 3. The van der Waals surface area contributed by atoms with Crippen LogP contribution in [0, 0.1) is 0 Å². The van der Waals surface area contributed by atoms with Crippen molar-refractivity contribution >= 4 is 18.3 Å². The Balaban J connectivity index is 0.00000161. The van der Waals surface area contributed by atoms with Crippen molar-refractivity contribution in [2.45, 2.75) is 44.4 Å². The van der Waals surface area contributed by atoms with Crippen molar-refractivity contribution in [3.05, 3.63) is 35.4 Å². The number of hydrogen-bond donors (Lipinski definition) is 1. The quantitative estimate of drug-likeness (QED) is 0.912. The zero-order valence-electron chi connectivity index (χ0n) is 12.2. The van der Waals surface area contributed by atoms with Gasteiger partial charge in [0.15, 0.2) is 0 Å². The van der Waals surface area contributed by atoms with E-state index in [-0.39, 0.29) is 30.5 Å². The molecule has 21 heavy (non-hydrogen) atoms. The van der Waals surface area contributed by atoms with Gasteiger partial charge in [-0.1, -0.05) is 25.0 Å². The number of rotatable bonds is 2. The molecule has 1 saturated carbocycles. The van der Waals surface area contributed by atoms with E-state index in [1.54, 1.807) is 0 Å². The maximum atomic E-state index is 12.7. The number of ether oxygens (including phenoxy) is 1. The van der Waals surface area contributed by atoms with E-state index in [0.717, 1.165) is 24.0 Å². The number of nitrogens with two attached hydrogens (primary N) is 1. The molecule has 0 radical (unpaired) electrons. The van der Waals surface area contributed by atoms with Gasteiger partial charge in [0.05, 0.1) is 18.8 Å². The topological polar surface area (TPSA) is 55.6 Å². The van der Waals surface area contributed by atoms with Gasteiger partial charge in [0.1, 0.15) is 0 Å². The van der Waals surface area contributed by atoms with Gasteiger partial charge in [0.2, 0.25) is 0 Å². The Bertz CT molecular complexity index is 476. The lowest BCUT2D eigenvalue weighted by Gasteiger charge is -2.43. The molecule has 2 N–H and O–H groups in total. The summed E-state index contributed by atoms with van der Waals surface area (Å²) in [5, 5.41) is 0. The number of amides is 1. The molecule has 1 aromatic rings. The van der Waals surface area contributed by atoms with E-state index < -0.39 is 0 Å². The Morgan fingerprint density at radius 2 is 1.95 bits per heavy atom. The highest BCUT2D eigenvalue weighted by Crippen LogP contribution is 2.29. The fraction of sp³-hybridized carbons (Fsp3) is 0.562. The zero-order valence-corrected chi connectivity index (χ0v) is 13.0. The molecule has 1 amide bonds. The maximum absolute atomic E-state index is 12.7. The van der Waals surface area contributed by atoms with Crippen LogP contribution in [-0.2, 0) is 11.3 Å². The van der Waals surface area contributed by atoms with Gasteiger partial charge < -0.3 is 15.4 Å². The first-order valence-electron chi connectivity index (χ1n) is 7.51. The van der Waals surface area contributed by atoms with E-state index in [4.69, 9.17) is 10.5 Å². The monoisotopic (exact) mass is 310 g/mol. The molecule has 2 fully saturated rings. The Morgan fingerprint density at radius 3 is 2.67 bits per heavy atom. The molecule has 2 atom stereocenters. The van der Waals surface area contributed by atoms with Crippen LogP contribution in [0.4, 0.5) is 0 Å². The fourth-order valence-corrected chi connectivity index (χ4v) is 3.30. The molecule has 2 unspecified atom stereocenters. The third kappa shape index (κ3) is 3.39. The van der Waals surface area contributed by atoms with E-state index in [1.165, 1.54) is 12.8 Å². The van der Waals surface area contributed by atoms with Crippen LogP contribution in [0.5, 0.6) is 0 Å². The van der Waals surface area contributed by atoms with Gasteiger partial charge in [-0.25, -0.2) is 0 Å². The van der Waals surface area contributed by atoms with E-state index in [1.807, 2.05) is 29.2 Å². The Morgan fingerprint density at radius 1 is 1.24 bits per heavy atom. The van der Waals surface area contributed by atoms with Crippen LogP contribution in [-0.4, -0.2) is 36.1 Å². The van der Waals surface area contributed by atoms with Crippen LogP contribution >= 0.6 is 12.4 Å². The predicted octanol–water partition coefficient (Wildman–Crippen LogP) is 2.35. The Labute approximate surface area is 132 Å². The molecule has 1 aromatic carbocycles. The second-order valence-electron chi connectivity index (χ2n) is 5.66. The largest absolute Gasteiger partial charge is 0.374 e. The predicted molar refractivity (Wildman–Crippen MR) is 84.6 cm³/mol. The minimum absolute atomic E-state index is 0. The van der Waals surface area contributed by atoms with Gasteiger partial charge in [-0.2, -0.15) is 0 Å². The van der Waals surface area contributed by atoms with E-state index in [2.05, 4.69) is 0 Å².